The molecule has 0 fully saturated rings. The Hall–Kier alpha value is -2.34. The van der Waals surface area contributed by atoms with Crippen molar-refractivity contribution in [1.82, 2.24) is 0 Å². The molecule has 2 aromatic rings. The summed E-state index contributed by atoms with van der Waals surface area (Å²) in [5.74, 6) is -0.323. The molecule has 23 heavy (non-hydrogen) atoms. The Balaban J connectivity index is 2.01. The summed E-state index contributed by atoms with van der Waals surface area (Å²) in [4.78, 5) is 13.3. The van der Waals surface area contributed by atoms with Crippen LogP contribution in [0.2, 0.25) is 0 Å². The van der Waals surface area contributed by atoms with Gasteiger partial charge < -0.3 is 9.64 Å². The van der Waals surface area contributed by atoms with Gasteiger partial charge >= 0.3 is 5.97 Å². The number of esters is 1. The first-order valence-electron chi connectivity index (χ1n) is 7.25. The largest absolute Gasteiger partial charge is 0.466 e. The van der Waals surface area contributed by atoms with Crippen molar-refractivity contribution < 1.29 is 17.9 Å². The minimum absolute atomic E-state index is 0.279. The van der Waals surface area contributed by atoms with E-state index in [1.807, 2.05) is 24.1 Å². The number of anilines is 2. The van der Waals surface area contributed by atoms with E-state index in [9.17, 15) is 13.2 Å². The van der Waals surface area contributed by atoms with Gasteiger partial charge in [0.05, 0.1) is 27.8 Å². The molecule has 1 heterocycles. The van der Waals surface area contributed by atoms with Gasteiger partial charge in [-0.15, -0.1) is 0 Å². The Labute approximate surface area is 135 Å². The van der Waals surface area contributed by atoms with Crippen molar-refractivity contribution in [3.05, 3.63) is 48.0 Å². The molecule has 0 spiro atoms. The van der Waals surface area contributed by atoms with E-state index in [0.29, 0.717) is 27.6 Å². The van der Waals surface area contributed by atoms with Crippen LogP contribution >= 0.6 is 0 Å². The second kappa shape index (κ2) is 5.70. The first kappa shape index (κ1) is 15.6. The molecule has 6 heteroatoms. The Morgan fingerprint density at radius 3 is 2.52 bits per heavy atom. The third-order valence-corrected chi connectivity index (χ3v) is 5.73. The normalized spacial score (nSPS) is 14.8. The summed E-state index contributed by atoms with van der Waals surface area (Å²) in [6.07, 6.45) is 0.544. The summed E-state index contributed by atoms with van der Waals surface area (Å²) < 4.78 is 30.5. The molecule has 0 atom stereocenters. The number of fused-ring (bicyclic) bond motifs is 2. The smallest absolute Gasteiger partial charge is 0.302 e. The number of carbonyl (C=O) groups is 1. The topological polar surface area (TPSA) is 63.7 Å². The molecule has 5 nitrogen and oxygen atoms in total. The number of carbonyl (C=O) groups excluding carboxylic acids is 1. The van der Waals surface area contributed by atoms with Crippen molar-refractivity contribution in [2.45, 2.75) is 23.1 Å². The lowest BCUT2D eigenvalue weighted by Crippen LogP contribution is -2.22. The first-order valence-corrected chi connectivity index (χ1v) is 8.74. The van der Waals surface area contributed by atoms with Crippen LogP contribution in [0.25, 0.3) is 0 Å². The first-order chi connectivity index (χ1) is 10.9. The molecule has 0 saturated carbocycles. The van der Waals surface area contributed by atoms with Gasteiger partial charge in [0.15, 0.2) is 0 Å². The maximum Gasteiger partial charge on any atom is 0.302 e. The highest BCUT2D eigenvalue weighted by Crippen LogP contribution is 2.43. The van der Waals surface area contributed by atoms with Crippen molar-refractivity contribution in [2.24, 2.45) is 0 Å². The van der Waals surface area contributed by atoms with Crippen molar-refractivity contribution in [3.63, 3.8) is 0 Å². The fourth-order valence-electron chi connectivity index (χ4n) is 2.73. The zero-order valence-electron chi connectivity index (χ0n) is 12.9. The molecule has 3 rings (SSSR count). The lowest BCUT2D eigenvalue weighted by Gasteiger charge is -2.30. The van der Waals surface area contributed by atoms with Gasteiger partial charge in [0, 0.05) is 20.4 Å². The molecule has 0 radical (unpaired) electrons. The predicted octanol–water partition coefficient (Wildman–Crippen LogP) is 2.71. The number of nitrogens with zero attached hydrogens (tertiary/aromatic N) is 1. The maximum atomic E-state index is 12.8. The Bertz CT molecular complexity index is 874. The SMILES string of the molecule is CC(=O)OCCc1ccc2c(c1)N(C)c1ccccc1S2(=O)=O. The maximum absolute atomic E-state index is 12.8. The van der Waals surface area contributed by atoms with E-state index in [4.69, 9.17) is 4.74 Å². The van der Waals surface area contributed by atoms with Crippen LogP contribution in [0, 0.1) is 0 Å². The second-order valence-corrected chi connectivity index (χ2v) is 7.31. The number of hydrogen-bond acceptors (Lipinski definition) is 5. The van der Waals surface area contributed by atoms with Gasteiger partial charge in [-0.1, -0.05) is 18.2 Å². The lowest BCUT2D eigenvalue weighted by atomic mass is 10.1. The van der Waals surface area contributed by atoms with Crippen LogP contribution in [-0.4, -0.2) is 28.0 Å². The van der Waals surface area contributed by atoms with Crippen LogP contribution in [0.1, 0.15) is 12.5 Å². The van der Waals surface area contributed by atoms with Crippen LogP contribution in [0.3, 0.4) is 0 Å². The molecule has 0 unspecified atom stereocenters. The zero-order valence-corrected chi connectivity index (χ0v) is 13.8. The van der Waals surface area contributed by atoms with Gasteiger partial charge in [-0.3, -0.25) is 4.79 Å². The highest BCUT2D eigenvalue weighted by atomic mass is 32.2. The minimum atomic E-state index is -3.51. The van der Waals surface area contributed by atoms with Crippen LogP contribution in [0.5, 0.6) is 0 Å². The molecular weight excluding hydrogens is 314 g/mol. The highest BCUT2D eigenvalue weighted by molar-refractivity contribution is 7.92. The molecule has 0 aliphatic carbocycles. The summed E-state index contributed by atoms with van der Waals surface area (Å²) in [7, 11) is -1.66. The Morgan fingerprint density at radius 1 is 1.09 bits per heavy atom. The van der Waals surface area contributed by atoms with Gasteiger partial charge in [0.1, 0.15) is 0 Å². The van der Waals surface area contributed by atoms with Crippen molar-refractivity contribution in [3.8, 4) is 0 Å². The Morgan fingerprint density at radius 2 is 1.78 bits per heavy atom. The van der Waals surface area contributed by atoms with E-state index < -0.39 is 9.84 Å². The lowest BCUT2D eigenvalue weighted by molar-refractivity contribution is -0.140. The monoisotopic (exact) mass is 331 g/mol. The molecule has 1 aliphatic rings. The summed E-state index contributed by atoms with van der Waals surface area (Å²) >= 11 is 0. The number of sulfone groups is 1. The molecule has 2 aromatic carbocycles. The van der Waals surface area contributed by atoms with Crippen molar-refractivity contribution in [2.75, 3.05) is 18.6 Å². The van der Waals surface area contributed by atoms with Crippen LogP contribution in [0.15, 0.2) is 52.3 Å². The van der Waals surface area contributed by atoms with Gasteiger partial charge in [-0.05, 0) is 29.8 Å². The summed E-state index contributed by atoms with van der Waals surface area (Å²) in [5.41, 5.74) is 2.23. The molecule has 0 amide bonds. The average molecular weight is 331 g/mol. The second-order valence-electron chi connectivity index (χ2n) is 5.42. The number of benzene rings is 2. The Kier molecular flexibility index (Phi) is 3.85. The molecule has 0 saturated heterocycles. The predicted molar refractivity (Wildman–Crippen MR) is 86.7 cm³/mol. The third-order valence-electron chi connectivity index (χ3n) is 3.89. The molecule has 0 N–H and O–H groups in total. The van der Waals surface area contributed by atoms with E-state index >= 15 is 0 Å². The van der Waals surface area contributed by atoms with Crippen LogP contribution < -0.4 is 4.90 Å². The standard InChI is InChI=1S/C17H17NO4S/c1-12(19)22-10-9-13-7-8-17-15(11-13)18(2)14-5-3-4-6-16(14)23(17,20)21/h3-8,11H,9-10H2,1-2H3. The number of hydrogen-bond donors (Lipinski definition) is 0. The molecule has 0 bridgehead atoms. The van der Waals surface area contributed by atoms with E-state index in [-0.39, 0.29) is 12.6 Å². The van der Waals surface area contributed by atoms with Gasteiger partial charge in [0.2, 0.25) is 9.84 Å². The van der Waals surface area contributed by atoms with Crippen LogP contribution in [0.4, 0.5) is 11.4 Å². The molecule has 0 aromatic heterocycles. The molecule has 1 aliphatic heterocycles. The van der Waals surface area contributed by atoms with E-state index in [1.54, 1.807) is 30.3 Å². The van der Waals surface area contributed by atoms with Gasteiger partial charge in [0.25, 0.3) is 0 Å². The van der Waals surface area contributed by atoms with E-state index in [1.165, 1.54) is 6.92 Å². The third kappa shape index (κ3) is 2.70. The zero-order chi connectivity index (χ0) is 16.6. The fourth-order valence-corrected chi connectivity index (χ4v) is 4.42. The number of ether oxygens (including phenoxy) is 1. The highest BCUT2D eigenvalue weighted by Gasteiger charge is 2.32. The van der Waals surface area contributed by atoms with Crippen molar-refractivity contribution in [1.29, 1.82) is 0 Å². The van der Waals surface area contributed by atoms with Gasteiger partial charge in [-0.25, -0.2) is 8.42 Å². The quantitative estimate of drug-likeness (QED) is 0.809. The summed E-state index contributed by atoms with van der Waals surface area (Å²) in [6, 6.07) is 12.2. The van der Waals surface area contributed by atoms with Crippen molar-refractivity contribution >= 4 is 27.2 Å². The summed E-state index contributed by atoms with van der Waals surface area (Å²) in [5, 5.41) is 0. The molecule has 120 valence electrons. The number of para-hydroxylation sites is 1. The van der Waals surface area contributed by atoms with E-state index in [2.05, 4.69) is 0 Å². The van der Waals surface area contributed by atoms with E-state index in [0.717, 1.165) is 5.56 Å². The van der Waals surface area contributed by atoms with Crippen LogP contribution in [-0.2, 0) is 25.8 Å². The summed E-state index contributed by atoms with van der Waals surface area (Å²) in [6.45, 7) is 1.64. The number of rotatable bonds is 3. The fraction of sp³-hybridized carbons (Fsp3) is 0.235. The molecular formula is C17H17NO4S. The minimum Gasteiger partial charge on any atom is -0.466 e. The van der Waals surface area contributed by atoms with Gasteiger partial charge in [-0.2, -0.15) is 0 Å². The average Bonchev–Trinajstić information content (AvgIpc) is 2.52.